The van der Waals surface area contributed by atoms with E-state index >= 15 is 0 Å². The van der Waals surface area contributed by atoms with Crippen molar-refractivity contribution in [3.63, 3.8) is 0 Å². The van der Waals surface area contributed by atoms with Crippen LogP contribution in [0.1, 0.15) is 28.6 Å². The van der Waals surface area contributed by atoms with Gasteiger partial charge in [0.05, 0.1) is 17.9 Å². The fraction of sp³-hybridized carbons (Fsp3) is 0.333. The smallest absolute Gasteiger partial charge is 0.191 e. The van der Waals surface area contributed by atoms with Crippen molar-refractivity contribution in [1.29, 1.82) is 0 Å². The Hall–Kier alpha value is -2.05. The van der Waals surface area contributed by atoms with Gasteiger partial charge in [-0.3, -0.25) is 0 Å². The summed E-state index contributed by atoms with van der Waals surface area (Å²) in [4.78, 5) is 0. The second-order valence-electron chi connectivity index (χ2n) is 6.00. The summed E-state index contributed by atoms with van der Waals surface area (Å²) in [6.45, 7) is 5.98. The second-order valence-corrected chi connectivity index (χ2v) is 6.99. The normalized spacial score (nSPS) is 12.5. The van der Waals surface area contributed by atoms with E-state index in [4.69, 9.17) is 4.42 Å². The quantitative estimate of drug-likeness (QED) is 0.713. The van der Waals surface area contributed by atoms with Crippen LogP contribution in [-0.2, 0) is 7.05 Å². The van der Waals surface area contributed by atoms with Gasteiger partial charge in [-0.05, 0) is 32.4 Å². The van der Waals surface area contributed by atoms with Crippen molar-refractivity contribution in [2.24, 2.45) is 7.05 Å². The average molecular weight is 343 g/mol. The summed E-state index contributed by atoms with van der Waals surface area (Å²) in [6, 6.07) is 8.04. The first-order chi connectivity index (χ1) is 11.5. The van der Waals surface area contributed by atoms with Crippen molar-refractivity contribution in [1.82, 2.24) is 14.8 Å². The highest BCUT2D eigenvalue weighted by atomic mass is 32.2. The molecule has 3 rings (SSSR count). The number of thioether (sulfide) groups is 1. The van der Waals surface area contributed by atoms with E-state index in [0.29, 0.717) is 5.75 Å². The van der Waals surface area contributed by atoms with Crippen molar-refractivity contribution in [3.8, 4) is 11.4 Å². The van der Waals surface area contributed by atoms with Crippen LogP contribution in [0.5, 0.6) is 0 Å². The number of hydrogen-bond acceptors (Lipinski definition) is 5. The molecule has 0 radical (unpaired) electrons. The topological polar surface area (TPSA) is 64.1 Å². The van der Waals surface area contributed by atoms with E-state index in [2.05, 4.69) is 16.3 Å². The van der Waals surface area contributed by atoms with E-state index in [-0.39, 0.29) is 0 Å². The van der Waals surface area contributed by atoms with Crippen LogP contribution in [0.3, 0.4) is 0 Å². The lowest BCUT2D eigenvalue weighted by molar-refractivity contribution is 0.204. The molecule has 2 heterocycles. The largest absolute Gasteiger partial charge is 0.469 e. The Morgan fingerprint density at radius 1 is 1.17 bits per heavy atom. The van der Waals surface area contributed by atoms with Crippen LogP contribution in [0.15, 0.2) is 40.1 Å². The van der Waals surface area contributed by atoms with Crippen molar-refractivity contribution >= 4 is 11.8 Å². The van der Waals surface area contributed by atoms with Crippen LogP contribution in [-0.4, -0.2) is 25.6 Å². The molecule has 0 aliphatic carbocycles. The minimum Gasteiger partial charge on any atom is -0.469 e. The summed E-state index contributed by atoms with van der Waals surface area (Å²) in [5.41, 5.74) is 4.19. The van der Waals surface area contributed by atoms with E-state index < -0.39 is 6.10 Å². The highest BCUT2D eigenvalue weighted by molar-refractivity contribution is 7.99. The molecule has 1 unspecified atom stereocenters. The first-order valence-electron chi connectivity index (χ1n) is 7.78. The lowest BCUT2D eigenvalue weighted by atomic mass is 10.0. The summed E-state index contributed by atoms with van der Waals surface area (Å²) in [5.74, 6) is 2.11. The predicted octanol–water partition coefficient (Wildman–Crippen LogP) is 3.83. The van der Waals surface area contributed by atoms with Gasteiger partial charge in [-0.1, -0.05) is 41.1 Å². The molecule has 6 heteroatoms. The molecular weight excluding hydrogens is 322 g/mol. The second kappa shape index (κ2) is 6.83. The third-order valence-electron chi connectivity index (χ3n) is 3.93. The molecule has 5 nitrogen and oxygen atoms in total. The monoisotopic (exact) mass is 343 g/mol. The minimum absolute atomic E-state index is 0.527. The van der Waals surface area contributed by atoms with Crippen molar-refractivity contribution in [2.45, 2.75) is 32.0 Å². The standard InChI is InChI=1S/C18H21N3O2S/c1-11-7-12(2)9-14(8-11)16(22)10-24-18-20-19-17(21(18)4)15-5-6-23-13(15)3/h5-9,16,22H,10H2,1-4H3. The van der Waals surface area contributed by atoms with Crippen LogP contribution in [0.25, 0.3) is 11.4 Å². The molecule has 24 heavy (non-hydrogen) atoms. The van der Waals surface area contributed by atoms with Crippen LogP contribution >= 0.6 is 11.8 Å². The van der Waals surface area contributed by atoms with Crippen molar-refractivity contribution in [2.75, 3.05) is 5.75 Å². The van der Waals surface area contributed by atoms with E-state index in [0.717, 1.165) is 39.0 Å². The molecule has 0 saturated heterocycles. The Balaban J connectivity index is 1.73. The van der Waals surface area contributed by atoms with Gasteiger partial charge in [0.15, 0.2) is 11.0 Å². The number of hydrogen-bond donors (Lipinski definition) is 1. The van der Waals surface area contributed by atoms with Gasteiger partial charge in [-0.25, -0.2) is 0 Å². The average Bonchev–Trinajstić information content (AvgIpc) is 3.09. The molecule has 126 valence electrons. The van der Waals surface area contributed by atoms with Crippen LogP contribution in [0.2, 0.25) is 0 Å². The molecule has 0 aliphatic heterocycles. The highest BCUT2D eigenvalue weighted by Crippen LogP contribution is 2.28. The predicted molar refractivity (Wildman–Crippen MR) is 95.0 cm³/mol. The fourth-order valence-electron chi connectivity index (χ4n) is 2.74. The first kappa shape index (κ1) is 16.8. The molecule has 1 aromatic carbocycles. The molecule has 0 aliphatic rings. The van der Waals surface area contributed by atoms with Gasteiger partial charge in [0.1, 0.15) is 5.76 Å². The third-order valence-corrected chi connectivity index (χ3v) is 5.03. The molecular formula is C18H21N3O2S. The van der Waals surface area contributed by atoms with Gasteiger partial charge in [0.2, 0.25) is 0 Å². The summed E-state index contributed by atoms with van der Waals surface area (Å²) in [7, 11) is 1.92. The zero-order chi connectivity index (χ0) is 17.3. The first-order valence-corrected chi connectivity index (χ1v) is 8.77. The summed E-state index contributed by atoms with van der Waals surface area (Å²) in [6.07, 6.45) is 1.11. The Morgan fingerprint density at radius 2 is 1.88 bits per heavy atom. The zero-order valence-corrected chi connectivity index (χ0v) is 15.1. The minimum atomic E-state index is -0.538. The number of nitrogens with zero attached hydrogens (tertiary/aromatic N) is 3. The van der Waals surface area contributed by atoms with Crippen LogP contribution < -0.4 is 0 Å². The SMILES string of the molecule is Cc1cc(C)cc(C(O)CSc2nnc(-c3ccoc3C)n2C)c1. The molecule has 0 saturated carbocycles. The third kappa shape index (κ3) is 3.39. The number of aliphatic hydroxyl groups excluding tert-OH is 1. The highest BCUT2D eigenvalue weighted by Gasteiger charge is 2.16. The fourth-order valence-corrected chi connectivity index (χ4v) is 3.62. The molecule has 1 atom stereocenters. The Bertz CT molecular complexity index is 834. The number of furan rings is 1. The number of rotatable bonds is 5. The molecule has 0 bridgehead atoms. The summed E-state index contributed by atoms with van der Waals surface area (Å²) in [5, 5.41) is 19.7. The van der Waals surface area contributed by atoms with Gasteiger partial charge >= 0.3 is 0 Å². The van der Waals surface area contributed by atoms with Gasteiger partial charge in [0.25, 0.3) is 0 Å². The Morgan fingerprint density at radius 3 is 2.50 bits per heavy atom. The van der Waals surface area contributed by atoms with Gasteiger partial charge < -0.3 is 14.1 Å². The Kier molecular flexibility index (Phi) is 4.78. The lowest BCUT2D eigenvalue weighted by Gasteiger charge is -2.12. The number of aryl methyl sites for hydroxylation is 3. The van der Waals surface area contributed by atoms with Crippen LogP contribution in [0, 0.1) is 20.8 Å². The van der Waals surface area contributed by atoms with Crippen LogP contribution in [0.4, 0.5) is 0 Å². The van der Waals surface area contributed by atoms with E-state index in [1.165, 1.54) is 11.8 Å². The van der Waals surface area contributed by atoms with Gasteiger partial charge in [-0.2, -0.15) is 0 Å². The lowest BCUT2D eigenvalue weighted by Crippen LogP contribution is -2.03. The Labute approximate surface area is 145 Å². The number of aliphatic hydroxyl groups is 1. The van der Waals surface area contributed by atoms with Crippen molar-refractivity contribution < 1.29 is 9.52 Å². The number of benzene rings is 1. The summed E-state index contributed by atoms with van der Waals surface area (Å²) < 4.78 is 7.26. The molecule has 0 amide bonds. The maximum absolute atomic E-state index is 10.5. The molecule has 3 aromatic rings. The van der Waals surface area contributed by atoms with Gasteiger partial charge in [-0.15, -0.1) is 10.2 Å². The maximum Gasteiger partial charge on any atom is 0.191 e. The molecule has 1 N–H and O–H groups in total. The van der Waals surface area contributed by atoms with Crippen molar-refractivity contribution in [3.05, 3.63) is 53.0 Å². The van der Waals surface area contributed by atoms with Gasteiger partial charge in [0, 0.05) is 12.8 Å². The molecule has 0 spiro atoms. The number of aromatic nitrogens is 3. The summed E-state index contributed by atoms with van der Waals surface area (Å²) >= 11 is 1.49. The van der Waals surface area contributed by atoms with E-state index in [1.807, 2.05) is 50.6 Å². The zero-order valence-electron chi connectivity index (χ0n) is 14.3. The maximum atomic E-state index is 10.5. The van der Waals surface area contributed by atoms with E-state index in [1.54, 1.807) is 6.26 Å². The molecule has 0 fully saturated rings. The molecule has 2 aromatic heterocycles. The van der Waals surface area contributed by atoms with E-state index in [9.17, 15) is 5.11 Å².